The fourth-order valence-electron chi connectivity index (χ4n) is 1.20. The maximum atomic E-state index is 11.7. The first-order chi connectivity index (χ1) is 7.92. The van der Waals surface area contributed by atoms with Crippen LogP contribution in [0.1, 0.15) is 12.7 Å². The van der Waals surface area contributed by atoms with E-state index in [1.54, 1.807) is 0 Å². The molecule has 0 saturated heterocycles. The van der Waals surface area contributed by atoms with Crippen molar-refractivity contribution >= 4 is 5.78 Å². The van der Waals surface area contributed by atoms with E-state index < -0.39 is 25.2 Å². The van der Waals surface area contributed by atoms with Crippen molar-refractivity contribution in [3.05, 3.63) is 12.2 Å². The molecular weight excluding hydrogens is 239 g/mol. The number of ether oxygens (including phenoxy) is 1. The van der Waals surface area contributed by atoms with E-state index in [1.165, 1.54) is 11.0 Å². The first-order valence-corrected chi connectivity index (χ1v) is 4.95. The summed E-state index contributed by atoms with van der Waals surface area (Å²) in [6, 6.07) is 0. The molecule has 0 aliphatic rings. The third kappa shape index (κ3) is 4.94. The second kappa shape index (κ2) is 5.76. The zero-order valence-electron chi connectivity index (χ0n) is 9.20. The average Bonchev–Trinajstić information content (AvgIpc) is 2.63. The van der Waals surface area contributed by atoms with E-state index in [2.05, 4.69) is 14.8 Å². The van der Waals surface area contributed by atoms with Gasteiger partial charge in [0.2, 0.25) is 0 Å². The molecule has 0 radical (unpaired) electrons. The summed E-state index contributed by atoms with van der Waals surface area (Å²) < 4.78 is 41.0. The van der Waals surface area contributed by atoms with Gasteiger partial charge in [-0.3, -0.25) is 4.79 Å². The Morgan fingerprint density at radius 1 is 1.53 bits per heavy atom. The Morgan fingerprint density at radius 3 is 2.82 bits per heavy atom. The van der Waals surface area contributed by atoms with Gasteiger partial charge in [0, 0.05) is 6.54 Å². The molecule has 0 amide bonds. The van der Waals surface area contributed by atoms with Gasteiger partial charge in [-0.2, -0.15) is 18.3 Å². The molecule has 0 aliphatic carbocycles. The lowest BCUT2D eigenvalue weighted by molar-refractivity contribution is -0.175. The molecule has 0 aliphatic heterocycles. The normalized spacial score (nSPS) is 11.8. The predicted molar refractivity (Wildman–Crippen MR) is 51.3 cm³/mol. The average molecular weight is 251 g/mol. The standard InChI is InChI=1S/C9H12F3N3O2/c1-2-15-8(13-6-14-15)3-7(16)4-17-5-9(10,11)12/h6H,2-5H2,1H3. The number of hydrogen-bond acceptors (Lipinski definition) is 4. The van der Waals surface area contributed by atoms with E-state index in [0.29, 0.717) is 12.4 Å². The van der Waals surface area contributed by atoms with Gasteiger partial charge in [-0.15, -0.1) is 0 Å². The highest BCUT2D eigenvalue weighted by Gasteiger charge is 2.27. The minimum atomic E-state index is -4.41. The van der Waals surface area contributed by atoms with Crippen molar-refractivity contribution in [2.45, 2.75) is 26.1 Å². The smallest absolute Gasteiger partial charge is 0.364 e. The van der Waals surface area contributed by atoms with Crippen LogP contribution >= 0.6 is 0 Å². The van der Waals surface area contributed by atoms with Gasteiger partial charge in [0.25, 0.3) is 0 Å². The van der Waals surface area contributed by atoms with Gasteiger partial charge in [0.15, 0.2) is 5.78 Å². The van der Waals surface area contributed by atoms with Crippen molar-refractivity contribution in [2.24, 2.45) is 0 Å². The van der Waals surface area contributed by atoms with Crippen LogP contribution in [0.3, 0.4) is 0 Å². The van der Waals surface area contributed by atoms with Crippen molar-refractivity contribution in [1.29, 1.82) is 0 Å². The quantitative estimate of drug-likeness (QED) is 0.756. The largest absolute Gasteiger partial charge is 0.411 e. The van der Waals surface area contributed by atoms with Crippen molar-refractivity contribution in [1.82, 2.24) is 14.8 Å². The first kappa shape index (κ1) is 13.6. The maximum Gasteiger partial charge on any atom is 0.411 e. The molecule has 1 rings (SSSR count). The van der Waals surface area contributed by atoms with E-state index in [0.717, 1.165) is 0 Å². The molecule has 0 fully saturated rings. The number of aromatic nitrogens is 3. The Hall–Kier alpha value is -1.44. The highest BCUT2D eigenvalue weighted by molar-refractivity contribution is 5.81. The number of carbonyl (C=O) groups is 1. The van der Waals surface area contributed by atoms with Gasteiger partial charge in [0.05, 0.1) is 6.42 Å². The molecule has 0 saturated carbocycles. The molecule has 0 unspecified atom stereocenters. The number of carbonyl (C=O) groups excluding carboxylic acids is 1. The molecule has 0 N–H and O–H groups in total. The van der Waals surface area contributed by atoms with Gasteiger partial charge in [-0.05, 0) is 6.92 Å². The Labute approximate surface area is 95.6 Å². The molecule has 1 aromatic heterocycles. The topological polar surface area (TPSA) is 57.0 Å². The van der Waals surface area contributed by atoms with Crippen molar-refractivity contribution in [3.63, 3.8) is 0 Å². The van der Waals surface area contributed by atoms with Crippen LogP contribution in [0.5, 0.6) is 0 Å². The van der Waals surface area contributed by atoms with E-state index in [-0.39, 0.29) is 6.42 Å². The fourth-order valence-corrected chi connectivity index (χ4v) is 1.20. The number of rotatable bonds is 6. The van der Waals surface area contributed by atoms with Gasteiger partial charge >= 0.3 is 6.18 Å². The van der Waals surface area contributed by atoms with Crippen LogP contribution in [0.25, 0.3) is 0 Å². The Bertz CT molecular complexity index is 376. The molecule has 0 spiro atoms. The summed E-state index contributed by atoms with van der Waals surface area (Å²) in [5.74, 6) is -0.0370. The van der Waals surface area contributed by atoms with E-state index in [1.807, 2.05) is 6.92 Å². The summed E-state index contributed by atoms with van der Waals surface area (Å²) in [6.45, 7) is 0.379. The SMILES string of the molecule is CCn1ncnc1CC(=O)COCC(F)(F)F. The van der Waals surface area contributed by atoms with Gasteiger partial charge in [0.1, 0.15) is 25.4 Å². The van der Waals surface area contributed by atoms with Crippen LogP contribution in [-0.2, 0) is 22.5 Å². The van der Waals surface area contributed by atoms with Gasteiger partial charge < -0.3 is 4.74 Å². The van der Waals surface area contributed by atoms with Crippen LogP contribution in [0.4, 0.5) is 13.2 Å². The molecule has 0 aromatic carbocycles. The molecule has 1 aromatic rings. The van der Waals surface area contributed by atoms with Gasteiger partial charge in [-0.1, -0.05) is 0 Å². The molecule has 5 nitrogen and oxygen atoms in total. The lowest BCUT2D eigenvalue weighted by Crippen LogP contribution is -2.22. The number of halogens is 3. The summed E-state index contributed by atoms with van der Waals surface area (Å²) in [6.07, 6.45) is -3.20. The van der Waals surface area contributed by atoms with Crippen molar-refractivity contribution in [3.8, 4) is 0 Å². The monoisotopic (exact) mass is 251 g/mol. The molecule has 96 valence electrons. The number of alkyl halides is 3. The lowest BCUT2D eigenvalue weighted by Gasteiger charge is -2.07. The van der Waals surface area contributed by atoms with Gasteiger partial charge in [-0.25, -0.2) is 9.67 Å². The lowest BCUT2D eigenvalue weighted by atomic mass is 10.3. The number of ketones is 1. The maximum absolute atomic E-state index is 11.7. The minimum absolute atomic E-state index is 0.0777. The number of hydrogen-bond donors (Lipinski definition) is 0. The summed E-state index contributed by atoms with van der Waals surface area (Å²) in [7, 11) is 0. The van der Waals surface area contributed by atoms with Crippen LogP contribution in [-0.4, -0.2) is 39.9 Å². The van der Waals surface area contributed by atoms with Crippen LogP contribution in [0.2, 0.25) is 0 Å². The number of aryl methyl sites for hydroxylation is 1. The third-order valence-corrected chi connectivity index (χ3v) is 1.88. The van der Waals surface area contributed by atoms with E-state index in [4.69, 9.17) is 0 Å². The highest BCUT2D eigenvalue weighted by Crippen LogP contribution is 2.14. The summed E-state index contributed by atoms with van der Waals surface area (Å²) in [5, 5.41) is 3.84. The second-order valence-corrected chi connectivity index (χ2v) is 3.32. The zero-order chi connectivity index (χ0) is 12.9. The first-order valence-electron chi connectivity index (χ1n) is 4.95. The molecule has 8 heteroatoms. The van der Waals surface area contributed by atoms with Crippen LogP contribution in [0, 0.1) is 0 Å². The molecular formula is C9H12F3N3O2. The van der Waals surface area contributed by atoms with Crippen LogP contribution < -0.4 is 0 Å². The van der Waals surface area contributed by atoms with E-state index >= 15 is 0 Å². The summed E-state index contributed by atoms with van der Waals surface area (Å²) in [5.41, 5.74) is 0. The summed E-state index contributed by atoms with van der Waals surface area (Å²) in [4.78, 5) is 15.1. The van der Waals surface area contributed by atoms with Crippen molar-refractivity contribution < 1.29 is 22.7 Å². The third-order valence-electron chi connectivity index (χ3n) is 1.88. The highest BCUT2D eigenvalue weighted by atomic mass is 19.4. The molecule has 1 heterocycles. The molecule has 0 atom stereocenters. The minimum Gasteiger partial charge on any atom is -0.364 e. The second-order valence-electron chi connectivity index (χ2n) is 3.32. The zero-order valence-corrected chi connectivity index (χ0v) is 9.20. The Balaban J connectivity index is 2.35. The molecule has 0 bridgehead atoms. The van der Waals surface area contributed by atoms with Crippen LogP contribution in [0.15, 0.2) is 6.33 Å². The van der Waals surface area contributed by atoms with E-state index in [9.17, 15) is 18.0 Å². The molecule has 17 heavy (non-hydrogen) atoms. The number of nitrogens with zero attached hydrogens (tertiary/aromatic N) is 3. The Kier molecular flexibility index (Phi) is 4.62. The Morgan fingerprint density at radius 2 is 2.24 bits per heavy atom. The van der Waals surface area contributed by atoms with Crippen molar-refractivity contribution in [2.75, 3.05) is 13.2 Å². The summed E-state index contributed by atoms with van der Waals surface area (Å²) >= 11 is 0. The number of Topliss-reactive ketones (excluding diaryl/α,β-unsaturated/α-hetero) is 1. The predicted octanol–water partition coefficient (Wildman–Crippen LogP) is 0.988. The fraction of sp³-hybridized carbons (Fsp3) is 0.667.